The third-order valence-corrected chi connectivity index (χ3v) is 6.24. The number of piperazine rings is 1. The molecule has 1 fully saturated rings. The lowest BCUT2D eigenvalue weighted by molar-refractivity contribution is -0.122. The van der Waals surface area contributed by atoms with Crippen LogP contribution >= 0.6 is 0 Å². The van der Waals surface area contributed by atoms with Crippen LogP contribution in [0.2, 0.25) is 0 Å². The van der Waals surface area contributed by atoms with Crippen molar-refractivity contribution in [3.05, 3.63) is 65.7 Å². The molecule has 4 heterocycles. The summed E-state index contributed by atoms with van der Waals surface area (Å²) in [5.41, 5.74) is 3.40. The van der Waals surface area contributed by atoms with Gasteiger partial charge in [0.1, 0.15) is 12.1 Å². The molecule has 1 aromatic heterocycles. The molecular weight excluding hydrogens is 433 g/mol. The zero-order valence-corrected chi connectivity index (χ0v) is 19.0. The molecule has 34 heavy (non-hydrogen) atoms. The van der Waals surface area contributed by atoms with Crippen molar-refractivity contribution in [3.63, 3.8) is 0 Å². The number of nitrogens with zero attached hydrogens (tertiary/aromatic N) is 5. The number of hydrogen-bond acceptors (Lipinski definition) is 7. The number of benzene rings is 2. The van der Waals surface area contributed by atoms with E-state index >= 15 is 0 Å². The monoisotopic (exact) mass is 461 g/mol. The molecule has 8 bridgehead atoms. The number of fused-ring (bicyclic) bond motifs is 7. The van der Waals surface area contributed by atoms with Crippen molar-refractivity contribution < 1.29 is 9.18 Å². The van der Waals surface area contributed by atoms with Gasteiger partial charge in [0.2, 0.25) is 11.9 Å². The number of aryl methyl sites for hydroxylation is 1. The summed E-state index contributed by atoms with van der Waals surface area (Å²) in [5.74, 6) is 0.669. The molecule has 1 amide bonds. The zero-order chi connectivity index (χ0) is 23.3. The molecule has 0 spiro atoms. The Hall–Kier alpha value is -3.43. The molecule has 8 nitrogen and oxygen atoms in total. The van der Waals surface area contributed by atoms with Crippen LogP contribution in [0.3, 0.4) is 0 Å². The second-order valence-corrected chi connectivity index (χ2v) is 8.77. The Morgan fingerprint density at radius 1 is 0.941 bits per heavy atom. The molecular formula is C25H28FN7O. The summed E-state index contributed by atoms with van der Waals surface area (Å²) < 4.78 is 14.4. The van der Waals surface area contributed by atoms with E-state index in [1.54, 1.807) is 12.1 Å². The van der Waals surface area contributed by atoms with Crippen LogP contribution in [0.15, 0.2) is 48.8 Å². The predicted octanol–water partition coefficient (Wildman–Crippen LogP) is 2.60. The molecule has 3 aliphatic heterocycles. The molecule has 0 atom stereocenters. The Morgan fingerprint density at radius 3 is 2.62 bits per heavy atom. The minimum absolute atomic E-state index is 0.0186. The second-order valence-electron chi connectivity index (χ2n) is 8.77. The number of carbonyl (C=O) groups excluding carboxylic acids is 1. The summed E-state index contributed by atoms with van der Waals surface area (Å²) in [6.45, 7) is 5.30. The van der Waals surface area contributed by atoms with Crippen LogP contribution in [-0.4, -0.2) is 69.9 Å². The van der Waals surface area contributed by atoms with Crippen molar-refractivity contribution in [2.75, 3.05) is 44.6 Å². The van der Waals surface area contributed by atoms with Crippen molar-refractivity contribution in [2.24, 2.45) is 0 Å². The van der Waals surface area contributed by atoms with E-state index in [2.05, 4.69) is 47.5 Å². The van der Waals surface area contributed by atoms with Gasteiger partial charge in [-0.3, -0.25) is 14.6 Å². The van der Waals surface area contributed by atoms with Crippen LogP contribution in [0, 0.1) is 5.82 Å². The molecule has 9 heteroatoms. The first-order valence-electron chi connectivity index (χ1n) is 11.7. The number of anilines is 2. The number of aromatic nitrogens is 3. The van der Waals surface area contributed by atoms with E-state index in [0.29, 0.717) is 43.3 Å². The first kappa shape index (κ1) is 22.4. The van der Waals surface area contributed by atoms with E-state index in [9.17, 15) is 9.18 Å². The maximum atomic E-state index is 14.4. The quantitative estimate of drug-likeness (QED) is 0.532. The molecule has 3 aliphatic rings. The SMILES string of the molecule is O=C1CN2CCN(CC2)Cc2cccc(c2)Nc2ncnc(n2)-c2ccc(F)c(c2)CCCN1. The highest BCUT2D eigenvalue weighted by molar-refractivity contribution is 5.78. The van der Waals surface area contributed by atoms with Gasteiger partial charge < -0.3 is 10.6 Å². The lowest BCUT2D eigenvalue weighted by atomic mass is 10.1. The van der Waals surface area contributed by atoms with E-state index in [0.717, 1.165) is 44.0 Å². The molecule has 0 saturated carbocycles. The summed E-state index contributed by atoms with van der Waals surface area (Å²) >= 11 is 0. The molecule has 0 unspecified atom stereocenters. The Balaban J connectivity index is 1.42. The van der Waals surface area contributed by atoms with Gasteiger partial charge >= 0.3 is 0 Å². The molecule has 176 valence electrons. The van der Waals surface area contributed by atoms with Gasteiger partial charge in [0, 0.05) is 50.5 Å². The maximum Gasteiger partial charge on any atom is 0.234 e. The predicted molar refractivity (Wildman–Crippen MR) is 128 cm³/mol. The summed E-state index contributed by atoms with van der Waals surface area (Å²) in [5, 5.41) is 6.25. The average molecular weight is 462 g/mol. The Morgan fingerprint density at radius 2 is 1.76 bits per heavy atom. The van der Waals surface area contributed by atoms with Crippen LogP contribution < -0.4 is 10.6 Å². The number of halogens is 1. The van der Waals surface area contributed by atoms with Gasteiger partial charge in [0.05, 0.1) is 6.54 Å². The van der Waals surface area contributed by atoms with Gasteiger partial charge in [0.25, 0.3) is 0 Å². The number of carbonyl (C=O) groups is 1. The maximum absolute atomic E-state index is 14.4. The molecule has 2 aromatic carbocycles. The van der Waals surface area contributed by atoms with Crippen LogP contribution in [-0.2, 0) is 17.8 Å². The zero-order valence-electron chi connectivity index (χ0n) is 19.0. The van der Waals surface area contributed by atoms with E-state index in [-0.39, 0.29) is 11.7 Å². The fourth-order valence-electron chi connectivity index (χ4n) is 4.41. The van der Waals surface area contributed by atoms with Gasteiger partial charge in [-0.25, -0.2) is 14.4 Å². The lowest BCUT2D eigenvalue weighted by Crippen LogP contribution is -2.49. The first-order chi connectivity index (χ1) is 16.6. The van der Waals surface area contributed by atoms with E-state index in [4.69, 9.17) is 0 Å². The van der Waals surface area contributed by atoms with Crippen LogP contribution in [0.1, 0.15) is 17.5 Å². The highest BCUT2D eigenvalue weighted by Crippen LogP contribution is 2.22. The summed E-state index contributed by atoms with van der Waals surface area (Å²) in [6.07, 6.45) is 2.63. The molecule has 3 aromatic rings. The number of amides is 1. The van der Waals surface area contributed by atoms with Gasteiger partial charge in [-0.05, 0) is 54.3 Å². The van der Waals surface area contributed by atoms with Crippen LogP contribution in [0.5, 0.6) is 0 Å². The highest BCUT2D eigenvalue weighted by Gasteiger charge is 2.19. The molecule has 0 radical (unpaired) electrons. The third kappa shape index (κ3) is 5.55. The Labute approximate surface area is 198 Å². The average Bonchev–Trinajstić information content (AvgIpc) is 2.84. The van der Waals surface area contributed by atoms with Crippen molar-refractivity contribution in [2.45, 2.75) is 19.4 Å². The van der Waals surface area contributed by atoms with Gasteiger partial charge in [-0.15, -0.1) is 0 Å². The first-order valence-corrected chi connectivity index (χ1v) is 11.7. The largest absolute Gasteiger partial charge is 0.355 e. The standard InChI is InChI=1S/C25H28FN7O/c26-22-7-6-20-14-19(22)4-2-8-27-23(34)16-33-11-9-32(10-12-33)15-18-3-1-5-21(13-18)30-25-29-17-28-24(20)31-25/h1,3,5-7,13-14,17H,2,4,8-12,15-16H2,(H,27,34)(H,28,29,30,31). The summed E-state index contributed by atoms with van der Waals surface area (Å²) in [6, 6.07) is 13.1. The minimum atomic E-state index is -0.268. The normalized spacial score (nSPS) is 21.1. The highest BCUT2D eigenvalue weighted by atomic mass is 19.1. The van der Waals surface area contributed by atoms with Crippen molar-refractivity contribution in [1.82, 2.24) is 30.1 Å². The van der Waals surface area contributed by atoms with E-state index < -0.39 is 0 Å². The van der Waals surface area contributed by atoms with Crippen molar-refractivity contribution >= 4 is 17.5 Å². The van der Waals surface area contributed by atoms with E-state index in [1.165, 1.54) is 18.0 Å². The van der Waals surface area contributed by atoms with Crippen molar-refractivity contribution in [3.8, 4) is 11.4 Å². The van der Waals surface area contributed by atoms with Crippen LogP contribution in [0.4, 0.5) is 16.0 Å². The third-order valence-electron chi connectivity index (χ3n) is 6.24. The summed E-state index contributed by atoms with van der Waals surface area (Å²) in [4.78, 5) is 30.1. The minimum Gasteiger partial charge on any atom is -0.355 e. The topological polar surface area (TPSA) is 86.3 Å². The van der Waals surface area contributed by atoms with E-state index in [1.807, 2.05) is 12.1 Å². The van der Waals surface area contributed by atoms with Crippen LogP contribution in [0.25, 0.3) is 11.4 Å². The fraction of sp³-hybridized carbons (Fsp3) is 0.360. The second kappa shape index (κ2) is 10.2. The number of rotatable bonds is 0. The van der Waals surface area contributed by atoms with Gasteiger partial charge in [-0.2, -0.15) is 4.98 Å². The molecule has 2 N–H and O–H groups in total. The molecule has 6 rings (SSSR count). The lowest BCUT2D eigenvalue weighted by Gasteiger charge is -2.34. The molecule has 0 aliphatic carbocycles. The van der Waals surface area contributed by atoms with Gasteiger partial charge in [0.15, 0.2) is 5.82 Å². The Kier molecular flexibility index (Phi) is 6.73. The smallest absolute Gasteiger partial charge is 0.234 e. The fourth-order valence-corrected chi connectivity index (χ4v) is 4.41. The number of nitrogens with one attached hydrogen (secondary N) is 2. The Bertz CT molecular complexity index is 1160. The van der Waals surface area contributed by atoms with Crippen molar-refractivity contribution in [1.29, 1.82) is 0 Å². The summed E-state index contributed by atoms with van der Waals surface area (Å²) in [7, 11) is 0. The molecule has 1 saturated heterocycles. The number of hydrogen-bond donors (Lipinski definition) is 2. The van der Waals surface area contributed by atoms with Gasteiger partial charge in [-0.1, -0.05) is 12.1 Å².